The molecule has 1 N–H and O–H groups in total. The maximum atomic E-state index is 15.9. The molecular weight excluding hydrogens is 578 g/mol. The summed E-state index contributed by atoms with van der Waals surface area (Å²) in [6.45, 7) is 13.3. The van der Waals surface area contributed by atoms with Crippen LogP contribution in [0.3, 0.4) is 0 Å². The molecule has 1 amide bonds. The van der Waals surface area contributed by atoms with Crippen molar-refractivity contribution in [1.29, 1.82) is 0 Å². The molecule has 0 bridgehead atoms. The van der Waals surface area contributed by atoms with E-state index >= 15 is 4.39 Å². The lowest BCUT2D eigenvalue weighted by Gasteiger charge is -2.26. The molecule has 0 saturated heterocycles. The first-order valence-electron chi connectivity index (χ1n) is 15.4. The first-order valence-corrected chi connectivity index (χ1v) is 15.4. The summed E-state index contributed by atoms with van der Waals surface area (Å²) in [5.74, 6) is -2.08. The first kappa shape index (κ1) is 35.6. The normalized spacial score (nSPS) is 12.8. The molecule has 2 atom stereocenters. The Hall–Kier alpha value is -3.92. The Morgan fingerprint density at radius 1 is 1.02 bits per heavy atom. The Bertz CT molecular complexity index is 1580. The molecule has 45 heavy (non-hydrogen) atoms. The fourth-order valence-corrected chi connectivity index (χ4v) is 5.65. The maximum Gasteiger partial charge on any atom is 0.348 e. The van der Waals surface area contributed by atoms with Crippen molar-refractivity contribution in [2.24, 2.45) is 5.92 Å². The average Bonchev–Trinajstić information content (AvgIpc) is 2.92. The fourth-order valence-electron chi connectivity index (χ4n) is 5.65. The number of esters is 1. The van der Waals surface area contributed by atoms with E-state index < -0.39 is 35.5 Å². The van der Waals surface area contributed by atoms with Gasteiger partial charge in [0.25, 0.3) is 0 Å². The van der Waals surface area contributed by atoms with Gasteiger partial charge in [0.05, 0.1) is 19.1 Å². The smallest absolute Gasteiger partial charge is 0.348 e. The summed E-state index contributed by atoms with van der Waals surface area (Å²) in [5, 5.41) is 2.89. The van der Waals surface area contributed by atoms with Crippen molar-refractivity contribution in [2.75, 3.05) is 27.2 Å². The number of halogens is 2. The molecule has 3 aromatic rings. The summed E-state index contributed by atoms with van der Waals surface area (Å²) >= 11 is 0. The van der Waals surface area contributed by atoms with Gasteiger partial charge < -0.3 is 15.0 Å². The fraction of sp³-hybridized carbons (Fsp3) is 0.486. The van der Waals surface area contributed by atoms with Gasteiger partial charge in [-0.15, -0.1) is 0 Å². The van der Waals surface area contributed by atoms with Gasteiger partial charge in [0, 0.05) is 24.0 Å². The Kier molecular flexibility index (Phi) is 12.2. The number of ether oxygens (including phenoxy) is 1. The summed E-state index contributed by atoms with van der Waals surface area (Å²) in [7, 11) is 3.90. The van der Waals surface area contributed by atoms with E-state index in [4.69, 9.17) is 4.74 Å². The standard InChI is InChI=1S/C35H46F2N4O4/c1-10-45-31(42)18-29(28-17-26(14-23(6)33(28)37)32-21(4)15-27(36)16-22(32)5)39-34(43)30(13-20(2)3)41-19-25(11-12-40(8)9)24(7)38-35(41)44/h14-17,19-20,29-30H,10-13,18H2,1-9H3,(H,39,43)/t29-,30-/m0/s1. The van der Waals surface area contributed by atoms with Gasteiger partial charge in [0.2, 0.25) is 5.91 Å². The lowest BCUT2D eigenvalue weighted by atomic mass is 9.90. The largest absolute Gasteiger partial charge is 0.466 e. The van der Waals surface area contributed by atoms with Crippen molar-refractivity contribution in [3.05, 3.63) is 86.1 Å². The van der Waals surface area contributed by atoms with E-state index in [1.54, 1.807) is 52.9 Å². The van der Waals surface area contributed by atoms with Crippen molar-refractivity contribution in [3.8, 4) is 11.1 Å². The Morgan fingerprint density at radius 3 is 2.24 bits per heavy atom. The van der Waals surface area contributed by atoms with E-state index in [9.17, 15) is 18.8 Å². The van der Waals surface area contributed by atoms with E-state index in [2.05, 4.69) is 10.3 Å². The molecule has 0 fully saturated rings. The third kappa shape index (κ3) is 9.06. The van der Waals surface area contributed by atoms with Gasteiger partial charge in [0.15, 0.2) is 0 Å². The summed E-state index contributed by atoms with van der Waals surface area (Å²) in [5.41, 5.74) is 3.99. The monoisotopic (exact) mass is 624 g/mol. The second-order valence-corrected chi connectivity index (χ2v) is 12.4. The number of hydrogen-bond donors (Lipinski definition) is 1. The van der Waals surface area contributed by atoms with Crippen LogP contribution in [0.5, 0.6) is 0 Å². The highest BCUT2D eigenvalue weighted by Crippen LogP contribution is 2.34. The van der Waals surface area contributed by atoms with Crippen LogP contribution in [0, 0.1) is 45.2 Å². The summed E-state index contributed by atoms with van der Waals surface area (Å²) in [6.07, 6.45) is 2.30. The van der Waals surface area contributed by atoms with Gasteiger partial charge >= 0.3 is 11.7 Å². The van der Waals surface area contributed by atoms with Gasteiger partial charge in [0.1, 0.15) is 17.7 Å². The van der Waals surface area contributed by atoms with Gasteiger partial charge in [-0.05, 0) is 125 Å². The molecule has 0 spiro atoms. The SMILES string of the molecule is CCOC(=O)C[C@H](NC(=O)[C@H](CC(C)C)n1cc(CCN(C)C)c(C)nc1=O)c1cc(-c2c(C)cc(F)cc2C)cc(C)c1F. The quantitative estimate of drug-likeness (QED) is 0.237. The van der Waals surface area contributed by atoms with Crippen LogP contribution in [0.1, 0.15) is 79.2 Å². The number of aryl methyl sites for hydroxylation is 4. The van der Waals surface area contributed by atoms with Crippen LogP contribution >= 0.6 is 0 Å². The molecule has 10 heteroatoms. The third-order valence-corrected chi connectivity index (χ3v) is 7.84. The van der Waals surface area contributed by atoms with Crippen LogP contribution in [0.25, 0.3) is 11.1 Å². The van der Waals surface area contributed by atoms with E-state index in [1.807, 2.05) is 32.8 Å². The zero-order valence-corrected chi connectivity index (χ0v) is 27.9. The number of hydrogen-bond acceptors (Lipinski definition) is 6. The summed E-state index contributed by atoms with van der Waals surface area (Å²) < 4.78 is 36.6. The molecule has 0 aliphatic heterocycles. The highest BCUT2D eigenvalue weighted by atomic mass is 19.1. The van der Waals surface area contributed by atoms with Crippen molar-refractivity contribution in [2.45, 2.75) is 79.8 Å². The molecule has 0 radical (unpaired) electrons. The number of carbonyl (C=O) groups is 2. The molecule has 3 rings (SSSR count). The molecule has 2 aromatic carbocycles. The van der Waals surface area contributed by atoms with Crippen molar-refractivity contribution in [3.63, 3.8) is 0 Å². The molecule has 0 aliphatic rings. The predicted molar refractivity (Wildman–Crippen MR) is 172 cm³/mol. The number of aromatic nitrogens is 2. The van der Waals surface area contributed by atoms with Crippen LogP contribution in [0.15, 0.2) is 35.3 Å². The highest BCUT2D eigenvalue weighted by Gasteiger charge is 2.30. The van der Waals surface area contributed by atoms with Crippen LogP contribution in [-0.2, 0) is 20.7 Å². The number of amides is 1. The van der Waals surface area contributed by atoms with Crippen LogP contribution in [0.4, 0.5) is 8.78 Å². The van der Waals surface area contributed by atoms with E-state index in [-0.39, 0.29) is 30.3 Å². The molecular formula is C35H46F2N4O4. The minimum atomic E-state index is -1.10. The van der Waals surface area contributed by atoms with E-state index in [0.29, 0.717) is 40.8 Å². The van der Waals surface area contributed by atoms with Crippen LogP contribution < -0.4 is 11.0 Å². The zero-order valence-electron chi connectivity index (χ0n) is 27.9. The molecule has 0 unspecified atom stereocenters. The van der Waals surface area contributed by atoms with Gasteiger partial charge in [-0.25, -0.2) is 13.6 Å². The Balaban J connectivity index is 2.13. The molecule has 1 aromatic heterocycles. The maximum absolute atomic E-state index is 15.9. The Labute approximate surface area is 264 Å². The molecule has 1 heterocycles. The second-order valence-electron chi connectivity index (χ2n) is 12.4. The topological polar surface area (TPSA) is 93.5 Å². The number of carbonyl (C=O) groups excluding carboxylic acids is 2. The lowest BCUT2D eigenvalue weighted by molar-refractivity contribution is -0.144. The predicted octanol–water partition coefficient (Wildman–Crippen LogP) is 5.92. The summed E-state index contributed by atoms with van der Waals surface area (Å²) in [6, 6.07) is 4.03. The number of benzene rings is 2. The Morgan fingerprint density at radius 2 is 1.67 bits per heavy atom. The number of nitrogens with zero attached hydrogens (tertiary/aromatic N) is 3. The third-order valence-electron chi connectivity index (χ3n) is 7.84. The van der Waals surface area contributed by atoms with Crippen molar-refractivity contribution < 1.29 is 23.1 Å². The second kappa shape index (κ2) is 15.4. The van der Waals surface area contributed by atoms with E-state index in [0.717, 1.165) is 17.7 Å². The zero-order chi connectivity index (χ0) is 33.6. The number of likely N-dealkylation sites (N-methyl/N-ethyl adjacent to an activating group) is 1. The highest BCUT2D eigenvalue weighted by molar-refractivity contribution is 5.82. The van der Waals surface area contributed by atoms with Crippen LogP contribution in [0.2, 0.25) is 0 Å². The van der Waals surface area contributed by atoms with Gasteiger partial charge in [-0.2, -0.15) is 4.98 Å². The molecule has 244 valence electrons. The minimum Gasteiger partial charge on any atom is -0.466 e. The number of nitrogens with one attached hydrogen (secondary N) is 1. The minimum absolute atomic E-state index is 0.0226. The summed E-state index contributed by atoms with van der Waals surface area (Å²) in [4.78, 5) is 46.3. The van der Waals surface area contributed by atoms with Crippen molar-refractivity contribution in [1.82, 2.24) is 19.8 Å². The molecule has 0 saturated carbocycles. The molecule has 8 nitrogen and oxygen atoms in total. The van der Waals surface area contributed by atoms with Crippen molar-refractivity contribution >= 4 is 11.9 Å². The van der Waals surface area contributed by atoms with Gasteiger partial charge in [-0.1, -0.05) is 13.8 Å². The van der Waals surface area contributed by atoms with Gasteiger partial charge in [-0.3, -0.25) is 14.2 Å². The first-order chi connectivity index (χ1) is 21.1. The average molecular weight is 625 g/mol. The van der Waals surface area contributed by atoms with E-state index in [1.165, 1.54) is 16.7 Å². The number of rotatable bonds is 13. The van der Waals surface area contributed by atoms with Crippen LogP contribution in [-0.4, -0.2) is 53.6 Å². The lowest BCUT2D eigenvalue weighted by Crippen LogP contribution is -2.41. The molecule has 0 aliphatic carbocycles.